The van der Waals surface area contributed by atoms with E-state index in [0.29, 0.717) is 6.42 Å². The highest BCUT2D eigenvalue weighted by Gasteiger charge is 2.27. The summed E-state index contributed by atoms with van der Waals surface area (Å²) in [6, 6.07) is 0. The van der Waals surface area contributed by atoms with Gasteiger partial charge in [0.25, 0.3) is 0 Å². The Morgan fingerprint density at radius 2 is 2.17 bits per heavy atom. The van der Waals surface area contributed by atoms with Gasteiger partial charge >= 0.3 is 0 Å². The number of aliphatic hydroxyl groups is 2. The van der Waals surface area contributed by atoms with Crippen LogP contribution in [0.4, 0.5) is 0 Å². The SMILES string of the molecule is CCC(O)(C=CC(C)=O)C(C)O. The van der Waals surface area contributed by atoms with Crippen LogP contribution in [0.15, 0.2) is 12.2 Å². The molecule has 0 rings (SSSR count). The molecule has 0 aliphatic heterocycles. The Hall–Kier alpha value is -0.670. The van der Waals surface area contributed by atoms with E-state index in [1.54, 1.807) is 6.92 Å². The highest BCUT2D eigenvalue weighted by atomic mass is 16.3. The van der Waals surface area contributed by atoms with Gasteiger partial charge in [0.05, 0.1) is 6.10 Å². The van der Waals surface area contributed by atoms with Gasteiger partial charge in [-0.1, -0.05) is 6.92 Å². The largest absolute Gasteiger partial charge is 0.390 e. The van der Waals surface area contributed by atoms with Crippen molar-refractivity contribution in [1.82, 2.24) is 0 Å². The van der Waals surface area contributed by atoms with E-state index < -0.39 is 11.7 Å². The Kier molecular flexibility index (Phi) is 4.13. The van der Waals surface area contributed by atoms with Gasteiger partial charge in [-0.15, -0.1) is 0 Å². The molecule has 0 radical (unpaired) electrons. The van der Waals surface area contributed by atoms with Crippen LogP contribution in [0.2, 0.25) is 0 Å². The molecule has 0 aliphatic rings. The number of hydrogen-bond acceptors (Lipinski definition) is 3. The third-order valence-electron chi connectivity index (χ3n) is 1.90. The molecule has 0 bridgehead atoms. The fourth-order valence-electron chi connectivity index (χ4n) is 0.814. The topological polar surface area (TPSA) is 57.5 Å². The summed E-state index contributed by atoms with van der Waals surface area (Å²) in [5.74, 6) is -0.137. The van der Waals surface area contributed by atoms with Gasteiger partial charge < -0.3 is 10.2 Å². The summed E-state index contributed by atoms with van der Waals surface area (Å²) < 4.78 is 0. The molecule has 0 heterocycles. The quantitative estimate of drug-likeness (QED) is 0.612. The lowest BCUT2D eigenvalue weighted by atomic mass is 9.94. The fraction of sp³-hybridized carbons (Fsp3) is 0.667. The smallest absolute Gasteiger partial charge is 0.152 e. The molecule has 3 nitrogen and oxygen atoms in total. The first-order chi connectivity index (χ1) is 5.42. The van der Waals surface area contributed by atoms with Crippen molar-refractivity contribution in [2.24, 2.45) is 0 Å². The zero-order valence-corrected chi connectivity index (χ0v) is 7.74. The number of carbonyl (C=O) groups is 1. The minimum Gasteiger partial charge on any atom is -0.390 e. The van der Waals surface area contributed by atoms with E-state index in [0.717, 1.165) is 0 Å². The molecule has 2 atom stereocenters. The van der Waals surface area contributed by atoms with E-state index in [2.05, 4.69) is 0 Å². The van der Waals surface area contributed by atoms with Gasteiger partial charge in [0.2, 0.25) is 0 Å². The lowest BCUT2D eigenvalue weighted by Crippen LogP contribution is -2.37. The van der Waals surface area contributed by atoms with Gasteiger partial charge in [0, 0.05) is 0 Å². The first-order valence-corrected chi connectivity index (χ1v) is 4.02. The van der Waals surface area contributed by atoms with Crippen LogP contribution in [0.1, 0.15) is 27.2 Å². The van der Waals surface area contributed by atoms with Gasteiger partial charge in [0.15, 0.2) is 5.78 Å². The summed E-state index contributed by atoms with van der Waals surface area (Å²) in [4.78, 5) is 10.5. The molecule has 0 amide bonds. The van der Waals surface area contributed by atoms with Gasteiger partial charge in [-0.25, -0.2) is 0 Å². The van der Waals surface area contributed by atoms with Crippen LogP contribution in [-0.2, 0) is 4.79 Å². The Balaban J connectivity index is 4.44. The number of rotatable bonds is 4. The van der Waals surface area contributed by atoms with Crippen LogP contribution < -0.4 is 0 Å². The maximum Gasteiger partial charge on any atom is 0.152 e. The van der Waals surface area contributed by atoms with Crippen LogP contribution >= 0.6 is 0 Å². The predicted octanol–water partition coefficient (Wildman–Crippen LogP) is 0.653. The van der Waals surface area contributed by atoms with Gasteiger partial charge in [-0.05, 0) is 32.4 Å². The molecule has 12 heavy (non-hydrogen) atoms. The van der Waals surface area contributed by atoms with Crippen molar-refractivity contribution in [3.05, 3.63) is 12.2 Å². The van der Waals surface area contributed by atoms with Crippen LogP contribution in [0.3, 0.4) is 0 Å². The third kappa shape index (κ3) is 3.15. The zero-order chi connectivity index (χ0) is 9.78. The van der Waals surface area contributed by atoms with Gasteiger partial charge in [-0.3, -0.25) is 4.79 Å². The van der Waals surface area contributed by atoms with E-state index in [4.69, 9.17) is 0 Å². The molecule has 0 saturated heterocycles. The second-order valence-electron chi connectivity index (χ2n) is 2.96. The average molecular weight is 172 g/mol. The molecule has 0 aromatic rings. The van der Waals surface area contributed by atoms with Crippen molar-refractivity contribution in [2.75, 3.05) is 0 Å². The minimum absolute atomic E-state index is 0.137. The number of hydrogen-bond donors (Lipinski definition) is 2. The van der Waals surface area contributed by atoms with E-state index in [1.165, 1.54) is 26.0 Å². The normalized spacial score (nSPS) is 19.1. The summed E-state index contributed by atoms with van der Waals surface area (Å²) in [5.41, 5.74) is -1.27. The second kappa shape index (κ2) is 4.38. The Morgan fingerprint density at radius 1 is 1.67 bits per heavy atom. The summed E-state index contributed by atoms with van der Waals surface area (Å²) in [6.07, 6.45) is 2.14. The number of aliphatic hydroxyl groups excluding tert-OH is 1. The first-order valence-electron chi connectivity index (χ1n) is 4.02. The summed E-state index contributed by atoms with van der Waals surface area (Å²) in [7, 11) is 0. The monoisotopic (exact) mass is 172 g/mol. The molecule has 2 N–H and O–H groups in total. The van der Waals surface area contributed by atoms with Crippen molar-refractivity contribution in [3.63, 3.8) is 0 Å². The summed E-state index contributed by atoms with van der Waals surface area (Å²) in [6.45, 7) is 4.64. The van der Waals surface area contributed by atoms with Crippen molar-refractivity contribution in [1.29, 1.82) is 0 Å². The van der Waals surface area contributed by atoms with Crippen molar-refractivity contribution in [3.8, 4) is 0 Å². The molecule has 0 aromatic carbocycles. The zero-order valence-electron chi connectivity index (χ0n) is 7.74. The lowest BCUT2D eigenvalue weighted by Gasteiger charge is -2.25. The molecule has 70 valence electrons. The lowest BCUT2D eigenvalue weighted by molar-refractivity contribution is -0.112. The standard InChI is InChI=1S/C9H16O3/c1-4-9(12,8(3)11)6-5-7(2)10/h5-6,8,11-12H,4H2,1-3H3. The predicted molar refractivity (Wildman–Crippen MR) is 46.7 cm³/mol. The maximum absolute atomic E-state index is 10.5. The molecule has 0 saturated carbocycles. The first kappa shape index (κ1) is 11.3. The summed E-state index contributed by atoms with van der Waals surface area (Å²) in [5, 5.41) is 18.8. The third-order valence-corrected chi connectivity index (χ3v) is 1.90. The fourth-order valence-corrected chi connectivity index (χ4v) is 0.814. The number of allylic oxidation sites excluding steroid dienone is 1. The minimum atomic E-state index is -1.27. The highest BCUT2D eigenvalue weighted by molar-refractivity contribution is 5.87. The van der Waals surface area contributed by atoms with E-state index in [-0.39, 0.29) is 5.78 Å². The molecular weight excluding hydrogens is 156 g/mol. The van der Waals surface area contributed by atoms with Crippen molar-refractivity contribution in [2.45, 2.75) is 38.9 Å². The van der Waals surface area contributed by atoms with Crippen LogP contribution in [0.25, 0.3) is 0 Å². The molecule has 0 aromatic heterocycles. The molecule has 3 heteroatoms. The summed E-state index contributed by atoms with van der Waals surface area (Å²) >= 11 is 0. The highest BCUT2D eigenvalue weighted by Crippen LogP contribution is 2.16. The molecule has 2 unspecified atom stereocenters. The molecule has 0 spiro atoms. The van der Waals surface area contributed by atoms with E-state index in [1.807, 2.05) is 0 Å². The van der Waals surface area contributed by atoms with Crippen LogP contribution in [-0.4, -0.2) is 27.7 Å². The van der Waals surface area contributed by atoms with E-state index >= 15 is 0 Å². The maximum atomic E-state index is 10.5. The molecule has 0 aliphatic carbocycles. The Morgan fingerprint density at radius 3 is 2.42 bits per heavy atom. The van der Waals surface area contributed by atoms with Gasteiger partial charge in [0.1, 0.15) is 5.60 Å². The van der Waals surface area contributed by atoms with Crippen molar-refractivity contribution >= 4 is 5.78 Å². The Bertz CT molecular complexity index is 184. The van der Waals surface area contributed by atoms with Crippen molar-refractivity contribution < 1.29 is 15.0 Å². The average Bonchev–Trinajstić information content (AvgIpc) is 1.99. The van der Waals surface area contributed by atoms with Crippen LogP contribution in [0.5, 0.6) is 0 Å². The van der Waals surface area contributed by atoms with Gasteiger partial charge in [-0.2, -0.15) is 0 Å². The van der Waals surface area contributed by atoms with E-state index in [9.17, 15) is 15.0 Å². The second-order valence-corrected chi connectivity index (χ2v) is 2.96. The Labute approximate surface area is 72.7 Å². The number of ketones is 1. The molecule has 0 fully saturated rings. The molecular formula is C9H16O3. The number of carbonyl (C=O) groups excluding carboxylic acids is 1. The van der Waals surface area contributed by atoms with Crippen LogP contribution in [0, 0.1) is 0 Å².